The quantitative estimate of drug-likeness (QED) is 0.226. The fourth-order valence-corrected chi connectivity index (χ4v) is 5.00. The Morgan fingerprint density at radius 3 is 2.17 bits per heavy atom. The molecule has 0 aliphatic carbocycles. The Hall–Kier alpha value is 0.280. The van der Waals surface area contributed by atoms with Gasteiger partial charge in [-0.05, 0) is 58.3 Å². The van der Waals surface area contributed by atoms with Crippen LogP contribution in [-0.2, 0) is 5.54 Å². The fraction of sp³-hybridized carbons (Fsp3) is 0.824. The maximum atomic E-state index is 13.2. The van der Waals surface area contributed by atoms with Crippen molar-refractivity contribution in [3.05, 3.63) is 13.9 Å². The molecule has 1 rings (SSSR count). The van der Waals surface area contributed by atoms with Crippen molar-refractivity contribution in [1.82, 2.24) is 9.78 Å². The summed E-state index contributed by atoms with van der Waals surface area (Å²) < 4.78 is 29.2. The first-order chi connectivity index (χ1) is 10.9. The molecule has 1 heterocycles. The third kappa shape index (κ3) is 5.94. The van der Waals surface area contributed by atoms with Gasteiger partial charge in [0, 0.05) is 0 Å². The molecule has 0 aromatic carbocycles. The predicted molar refractivity (Wildman–Crippen MR) is 104 cm³/mol. The first-order valence-electron chi connectivity index (χ1n) is 8.60. The van der Waals surface area contributed by atoms with Crippen molar-refractivity contribution in [2.45, 2.75) is 90.5 Å². The van der Waals surface area contributed by atoms with E-state index in [9.17, 15) is 8.78 Å². The molecule has 0 radical (unpaired) electrons. The lowest BCUT2D eigenvalue weighted by Gasteiger charge is -2.31. The van der Waals surface area contributed by atoms with Crippen molar-refractivity contribution >= 4 is 38.5 Å². The normalized spacial score (nSPS) is 14.4. The summed E-state index contributed by atoms with van der Waals surface area (Å²) in [4.78, 5) is 0. The predicted octanol–water partition coefficient (Wildman–Crippen LogP) is 7.45. The maximum absolute atomic E-state index is 13.2. The summed E-state index contributed by atoms with van der Waals surface area (Å²) >= 11 is 5.23. The number of unbranched alkanes of at least 4 members (excludes halogenated alkanes) is 5. The highest BCUT2D eigenvalue weighted by molar-refractivity contribution is 14.1. The van der Waals surface area contributed by atoms with Crippen molar-refractivity contribution in [2.24, 2.45) is 0 Å². The fourth-order valence-electron chi connectivity index (χ4n) is 2.93. The molecule has 1 aromatic heterocycles. The standard InChI is InChI=1S/C17H28BrF2IN2/c1-4-6-8-9-10-12-17(3,11-7-5-2)23-16(21)13(15(19)20)14(18)22-23/h15H,4-12H2,1-3H3. The molecular formula is C17H28BrF2IN2. The highest BCUT2D eigenvalue weighted by atomic mass is 127. The Balaban J connectivity index is 2.94. The van der Waals surface area contributed by atoms with Gasteiger partial charge in [-0.25, -0.2) is 8.78 Å². The lowest BCUT2D eigenvalue weighted by Crippen LogP contribution is -2.32. The average Bonchev–Trinajstić information content (AvgIpc) is 2.80. The van der Waals surface area contributed by atoms with E-state index in [1.165, 1.54) is 25.7 Å². The molecule has 0 bridgehead atoms. The van der Waals surface area contributed by atoms with E-state index < -0.39 is 6.43 Å². The second-order valence-electron chi connectivity index (χ2n) is 6.47. The summed E-state index contributed by atoms with van der Waals surface area (Å²) in [5.41, 5.74) is -0.159. The molecule has 1 aromatic rings. The zero-order valence-electron chi connectivity index (χ0n) is 14.3. The average molecular weight is 505 g/mol. The third-order valence-corrected chi connectivity index (χ3v) is 6.06. The van der Waals surface area contributed by atoms with Crippen LogP contribution in [0.15, 0.2) is 4.60 Å². The van der Waals surface area contributed by atoms with Crippen LogP contribution in [-0.4, -0.2) is 9.78 Å². The Morgan fingerprint density at radius 1 is 1.09 bits per heavy atom. The SMILES string of the molecule is CCCCCCCC(C)(CCCC)n1nc(Br)c(C(F)F)c1I. The van der Waals surface area contributed by atoms with Crippen LogP contribution in [0.4, 0.5) is 8.78 Å². The Labute approximate surface area is 161 Å². The molecule has 0 N–H and O–H groups in total. The van der Waals surface area contributed by atoms with E-state index in [0.717, 1.165) is 32.1 Å². The number of hydrogen-bond acceptors (Lipinski definition) is 1. The van der Waals surface area contributed by atoms with Crippen LogP contribution in [0, 0.1) is 3.70 Å². The summed E-state index contributed by atoms with van der Waals surface area (Å²) in [6.45, 7) is 6.54. The summed E-state index contributed by atoms with van der Waals surface area (Å²) in [5, 5.41) is 4.42. The lowest BCUT2D eigenvalue weighted by atomic mass is 9.88. The second-order valence-corrected chi connectivity index (χ2v) is 8.25. The summed E-state index contributed by atoms with van der Waals surface area (Å²) in [7, 11) is 0. The maximum Gasteiger partial charge on any atom is 0.269 e. The third-order valence-electron chi connectivity index (χ3n) is 4.44. The monoisotopic (exact) mass is 504 g/mol. The summed E-state index contributed by atoms with van der Waals surface area (Å²) in [5.74, 6) is 0. The molecule has 134 valence electrons. The van der Waals surface area contributed by atoms with Crippen molar-refractivity contribution in [2.75, 3.05) is 0 Å². The first-order valence-corrected chi connectivity index (χ1v) is 10.5. The molecule has 0 fully saturated rings. The van der Waals surface area contributed by atoms with Crippen LogP contribution in [0.3, 0.4) is 0 Å². The number of alkyl halides is 2. The number of aromatic nitrogens is 2. The van der Waals surface area contributed by atoms with Crippen LogP contribution in [0.1, 0.15) is 90.5 Å². The smallest absolute Gasteiger partial charge is 0.252 e. The van der Waals surface area contributed by atoms with Gasteiger partial charge in [0.2, 0.25) is 0 Å². The van der Waals surface area contributed by atoms with Crippen molar-refractivity contribution < 1.29 is 8.78 Å². The molecule has 0 saturated heterocycles. The van der Waals surface area contributed by atoms with Crippen molar-refractivity contribution in [3.8, 4) is 0 Å². The Kier molecular flexibility index (Phi) is 9.56. The van der Waals surface area contributed by atoms with E-state index in [0.29, 0.717) is 3.70 Å². The van der Waals surface area contributed by atoms with Gasteiger partial charge in [-0.3, -0.25) is 4.68 Å². The van der Waals surface area contributed by atoms with Crippen LogP contribution in [0.25, 0.3) is 0 Å². The number of rotatable bonds is 11. The summed E-state index contributed by atoms with van der Waals surface area (Å²) in [6.07, 6.45) is 7.74. The zero-order valence-corrected chi connectivity index (χ0v) is 18.1. The van der Waals surface area contributed by atoms with Gasteiger partial charge in [-0.15, -0.1) is 0 Å². The lowest BCUT2D eigenvalue weighted by molar-refractivity contribution is 0.148. The van der Waals surface area contributed by atoms with E-state index in [1.54, 1.807) is 0 Å². The number of halogens is 4. The van der Waals surface area contributed by atoms with Gasteiger partial charge in [-0.2, -0.15) is 5.10 Å². The molecule has 1 atom stereocenters. The number of nitrogens with zero attached hydrogens (tertiary/aromatic N) is 2. The molecule has 6 heteroatoms. The van der Waals surface area contributed by atoms with E-state index in [2.05, 4.69) is 41.8 Å². The Bertz CT molecular complexity index is 479. The topological polar surface area (TPSA) is 17.8 Å². The van der Waals surface area contributed by atoms with Gasteiger partial charge in [-0.1, -0.05) is 58.8 Å². The minimum absolute atomic E-state index is 0.0271. The highest BCUT2D eigenvalue weighted by Crippen LogP contribution is 2.37. The van der Waals surface area contributed by atoms with E-state index in [4.69, 9.17) is 0 Å². The molecular weight excluding hydrogens is 477 g/mol. The zero-order chi connectivity index (χ0) is 17.5. The molecule has 2 nitrogen and oxygen atoms in total. The van der Waals surface area contributed by atoms with Gasteiger partial charge in [0.25, 0.3) is 6.43 Å². The van der Waals surface area contributed by atoms with Gasteiger partial charge in [0.05, 0.1) is 11.1 Å². The van der Waals surface area contributed by atoms with Crippen molar-refractivity contribution in [1.29, 1.82) is 0 Å². The minimum atomic E-state index is -2.50. The van der Waals surface area contributed by atoms with Crippen LogP contribution in [0.5, 0.6) is 0 Å². The molecule has 1 unspecified atom stereocenters. The largest absolute Gasteiger partial charge is 0.269 e. The van der Waals surface area contributed by atoms with Crippen molar-refractivity contribution in [3.63, 3.8) is 0 Å². The molecule has 0 aliphatic rings. The van der Waals surface area contributed by atoms with Crippen LogP contribution >= 0.6 is 38.5 Å². The Morgan fingerprint density at radius 2 is 1.65 bits per heavy atom. The van der Waals surface area contributed by atoms with E-state index >= 15 is 0 Å². The van der Waals surface area contributed by atoms with Gasteiger partial charge >= 0.3 is 0 Å². The van der Waals surface area contributed by atoms with Crippen LogP contribution < -0.4 is 0 Å². The van der Waals surface area contributed by atoms with Gasteiger partial charge < -0.3 is 0 Å². The molecule has 0 spiro atoms. The number of hydrogen-bond donors (Lipinski definition) is 0. The van der Waals surface area contributed by atoms with Crippen LogP contribution in [0.2, 0.25) is 0 Å². The minimum Gasteiger partial charge on any atom is -0.252 e. The second kappa shape index (κ2) is 10.3. The van der Waals surface area contributed by atoms with E-state index in [1.807, 2.05) is 27.3 Å². The molecule has 23 heavy (non-hydrogen) atoms. The highest BCUT2D eigenvalue weighted by Gasteiger charge is 2.32. The molecule has 0 amide bonds. The first kappa shape index (κ1) is 21.3. The van der Waals surface area contributed by atoms with Gasteiger partial charge in [0.1, 0.15) is 8.30 Å². The molecule has 0 saturated carbocycles. The summed E-state index contributed by atoms with van der Waals surface area (Å²) in [6, 6.07) is 0. The molecule has 0 aliphatic heterocycles. The van der Waals surface area contributed by atoms with Gasteiger partial charge in [0.15, 0.2) is 0 Å². The van der Waals surface area contributed by atoms with E-state index in [-0.39, 0.29) is 15.7 Å².